The van der Waals surface area contributed by atoms with Crippen LogP contribution < -0.4 is 10.1 Å². The average molecular weight is 321 g/mol. The number of nitrogens with zero attached hydrogens (tertiary/aromatic N) is 2. The van der Waals surface area contributed by atoms with Crippen LogP contribution in [0.1, 0.15) is 23.5 Å². The van der Waals surface area contributed by atoms with Crippen molar-refractivity contribution in [3.05, 3.63) is 59.7 Å². The zero-order valence-corrected chi connectivity index (χ0v) is 13.5. The molecule has 0 saturated carbocycles. The molecule has 2 aromatic carbocycles. The maximum absolute atomic E-state index is 12.4. The molecule has 122 valence electrons. The normalized spacial score (nSPS) is 16.5. The largest absolute Gasteiger partial charge is 0.496 e. The van der Waals surface area contributed by atoms with Gasteiger partial charge in [-0.25, -0.2) is 4.79 Å². The van der Waals surface area contributed by atoms with Crippen molar-refractivity contribution in [3.63, 3.8) is 0 Å². The number of rotatable bonds is 3. The average Bonchev–Trinajstić information content (AvgIpc) is 3.12. The fourth-order valence-corrected chi connectivity index (χ4v) is 3.07. The first kappa shape index (κ1) is 15.9. The number of ether oxygens (including phenoxy) is 1. The summed E-state index contributed by atoms with van der Waals surface area (Å²) in [6, 6.07) is 16.8. The summed E-state index contributed by atoms with van der Waals surface area (Å²) in [7, 11) is 1.67. The number of anilines is 1. The molecule has 24 heavy (non-hydrogen) atoms. The summed E-state index contributed by atoms with van der Waals surface area (Å²) in [5.74, 6) is 1.14. The van der Waals surface area contributed by atoms with Crippen molar-refractivity contribution < 1.29 is 9.53 Å². The highest BCUT2D eigenvalue weighted by molar-refractivity contribution is 5.89. The second-order valence-electron chi connectivity index (χ2n) is 5.80. The van der Waals surface area contributed by atoms with Gasteiger partial charge in [-0.1, -0.05) is 24.3 Å². The standard InChI is InChI=1S/C19H19N3O2/c1-24-18-8-3-2-7-17(18)15-9-10-22(13-15)19(23)21-16-6-4-5-14(11-16)12-20/h2-8,11,15H,9-10,13H2,1H3,(H,21,23)/t15-/m1/s1. The van der Waals surface area contributed by atoms with Crippen LogP contribution in [0, 0.1) is 11.3 Å². The number of nitrogens with one attached hydrogen (secondary N) is 1. The number of likely N-dealkylation sites (tertiary alicyclic amines) is 1. The minimum absolute atomic E-state index is 0.137. The van der Waals surface area contributed by atoms with E-state index in [0.717, 1.165) is 17.7 Å². The predicted molar refractivity (Wildman–Crippen MR) is 92.1 cm³/mol. The van der Waals surface area contributed by atoms with Gasteiger partial charge < -0.3 is 15.0 Å². The first-order chi connectivity index (χ1) is 11.7. The summed E-state index contributed by atoms with van der Waals surface area (Å²) < 4.78 is 5.42. The molecule has 0 aromatic heterocycles. The molecule has 0 spiro atoms. The van der Waals surface area contributed by atoms with Gasteiger partial charge in [0, 0.05) is 24.7 Å². The molecule has 1 saturated heterocycles. The van der Waals surface area contributed by atoms with Crippen molar-refractivity contribution in [1.82, 2.24) is 4.90 Å². The Morgan fingerprint density at radius 3 is 2.92 bits per heavy atom. The Bertz CT molecular complexity index is 782. The minimum atomic E-state index is -0.137. The van der Waals surface area contributed by atoms with Crippen LogP contribution in [-0.2, 0) is 0 Å². The van der Waals surface area contributed by atoms with Gasteiger partial charge in [-0.2, -0.15) is 5.26 Å². The lowest BCUT2D eigenvalue weighted by atomic mass is 9.97. The summed E-state index contributed by atoms with van der Waals surface area (Å²) >= 11 is 0. The maximum atomic E-state index is 12.4. The van der Waals surface area contributed by atoms with Crippen LogP contribution in [0.3, 0.4) is 0 Å². The van der Waals surface area contributed by atoms with Crippen molar-refractivity contribution in [3.8, 4) is 11.8 Å². The van der Waals surface area contributed by atoms with E-state index in [-0.39, 0.29) is 11.9 Å². The molecule has 5 heteroatoms. The summed E-state index contributed by atoms with van der Waals surface area (Å²) in [5.41, 5.74) is 2.31. The van der Waals surface area contributed by atoms with Gasteiger partial charge in [0.05, 0.1) is 18.7 Å². The SMILES string of the molecule is COc1ccccc1[C@@H]1CCN(C(=O)Nc2cccc(C#N)c2)C1. The van der Waals surface area contributed by atoms with E-state index in [1.165, 1.54) is 0 Å². The molecule has 1 heterocycles. The van der Waals surface area contributed by atoms with Gasteiger partial charge in [0.2, 0.25) is 0 Å². The van der Waals surface area contributed by atoms with Gasteiger partial charge in [-0.05, 0) is 36.2 Å². The number of para-hydroxylation sites is 1. The Hall–Kier alpha value is -3.00. The molecule has 0 radical (unpaired) electrons. The minimum Gasteiger partial charge on any atom is -0.496 e. The van der Waals surface area contributed by atoms with Gasteiger partial charge in [0.15, 0.2) is 0 Å². The third-order valence-electron chi connectivity index (χ3n) is 4.30. The van der Waals surface area contributed by atoms with Crippen LogP contribution in [0.5, 0.6) is 5.75 Å². The number of nitriles is 1. The predicted octanol–water partition coefficient (Wildman–Crippen LogP) is 3.59. The Morgan fingerprint density at radius 2 is 2.12 bits per heavy atom. The monoisotopic (exact) mass is 321 g/mol. The first-order valence-corrected chi connectivity index (χ1v) is 7.90. The van der Waals surface area contributed by atoms with Crippen molar-refractivity contribution >= 4 is 11.7 Å². The molecule has 0 aliphatic carbocycles. The van der Waals surface area contributed by atoms with Gasteiger partial charge in [0.1, 0.15) is 5.75 Å². The van der Waals surface area contributed by atoms with E-state index in [0.29, 0.717) is 24.3 Å². The maximum Gasteiger partial charge on any atom is 0.321 e. The third-order valence-corrected chi connectivity index (χ3v) is 4.30. The number of hydrogen-bond donors (Lipinski definition) is 1. The number of benzene rings is 2. The highest BCUT2D eigenvalue weighted by Gasteiger charge is 2.29. The topological polar surface area (TPSA) is 65.4 Å². The number of amides is 2. The lowest BCUT2D eigenvalue weighted by Crippen LogP contribution is -2.32. The van der Waals surface area contributed by atoms with Crippen molar-refractivity contribution in [2.24, 2.45) is 0 Å². The highest BCUT2D eigenvalue weighted by atomic mass is 16.5. The fourth-order valence-electron chi connectivity index (χ4n) is 3.07. The second-order valence-corrected chi connectivity index (χ2v) is 5.80. The molecule has 5 nitrogen and oxygen atoms in total. The zero-order valence-electron chi connectivity index (χ0n) is 13.5. The summed E-state index contributed by atoms with van der Waals surface area (Å²) in [6.45, 7) is 1.36. The Kier molecular flexibility index (Phi) is 4.66. The quantitative estimate of drug-likeness (QED) is 0.939. The van der Waals surface area contributed by atoms with E-state index in [9.17, 15) is 4.79 Å². The third kappa shape index (κ3) is 3.33. The summed E-state index contributed by atoms with van der Waals surface area (Å²) in [5, 5.41) is 11.8. The van der Waals surface area contributed by atoms with Crippen LogP contribution in [0.25, 0.3) is 0 Å². The van der Waals surface area contributed by atoms with E-state index >= 15 is 0 Å². The number of carbonyl (C=O) groups excluding carboxylic acids is 1. The molecule has 1 aliphatic rings. The Labute approximate surface area is 141 Å². The highest BCUT2D eigenvalue weighted by Crippen LogP contribution is 2.33. The van der Waals surface area contributed by atoms with Crippen molar-refractivity contribution in [1.29, 1.82) is 5.26 Å². The van der Waals surface area contributed by atoms with Crippen molar-refractivity contribution in [2.45, 2.75) is 12.3 Å². The Balaban J connectivity index is 1.67. The van der Waals surface area contributed by atoms with Crippen molar-refractivity contribution in [2.75, 3.05) is 25.5 Å². The van der Waals surface area contributed by atoms with Crippen LogP contribution in [-0.4, -0.2) is 31.1 Å². The van der Waals surface area contributed by atoms with Gasteiger partial charge in [-0.15, -0.1) is 0 Å². The molecule has 1 atom stereocenters. The molecule has 3 rings (SSSR count). The first-order valence-electron chi connectivity index (χ1n) is 7.90. The number of methoxy groups -OCH3 is 1. The van der Waals surface area contributed by atoms with E-state index in [4.69, 9.17) is 10.00 Å². The molecular formula is C19H19N3O2. The van der Waals surface area contributed by atoms with Gasteiger partial charge in [0.25, 0.3) is 0 Å². The molecule has 1 N–H and O–H groups in total. The molecular weight excluding hydrogens is 302 g/mol. The summed E-state index contributed by atoms with van der Waals surface area (Å²) in [4.78, 5) is 14.2. The van der Waals surface area contributed by atoms with E-state index in [1.807, 2.05) is 18.2 Å². The van der Waals surface area contributed by atoms with Crippen LogP contribution in [0.2, 0.25) is 0 Å². The summed E-state index contributed by atoms with van der Waals surface area (Å²) in [6.07, 6.45) is 0.909. The molecule has 1 fully saturated rings. The molecule has 0 unspecified atom stereocenters. The fraction of sp³-hybridized carbons (Fsp3) is 0.263. The molecule has 1 aliphatic heterocycles. The second kappa shape index (κ2) is 7.05. The van der Waals surface area contributed by atoms with E-state index in [2.05, 4.69) is 17.5 Å². The lowest BCUT2D eigenvalue weighted by Gasteiger charge is -2.18. The van der Waals surface area contributed by atoms with Gasteiger partial charge in [-0.3, -0.25) is 0 Å². The smallest absolute Gasteiger partial charge is 0.321 e. The molecule has 2 amide bonds. The van der Waals surface area contributed by atoms with Gasteiger partial charge >= 0.3 is 6.03 Å². The lowest BCUT2D eigenvalue weighted by molar-refractivity contribution is 0.222. The van der Waals surface area contributed by atoms with E-state index in [1.54, 1.807) is 36.3 Å². The Morgan fingerprint density at radius 1 is 1.29 bits per heavy atom. The van der Waals surface area contributed by atoms with Crippen LogP contribution in [0.15, 0.2) is 48.5 Å². The zero-order chi connectivity index (χ0) is 16.9. The number of urea groups is 1. The number of carbonyl (C=O) groups is 1. The molecule has 0 bridgehead atoms. The number of hydrogen-bond acceptors (Lipinski definition) is 3. The van der Waals surface area contributed by atoms with Crippen LogP contribution in [0.4, 0.5) is 10.5 Å². The molecule has 2 aromatic rings. The van der Waals surface area contributed by atoms with Crippen LogP contribution >= 0.6 is 0 Å². The van der Waals surface area contributed by atoms with E-state index < -0.39 is 0 Å².